The maximum absolute atomic E-state index is 13.9. The molecule has 1 aliphatic carbocycles. The first-order valence-corrected chi connectivity index (χ1v) is 14.0. The minimum absolute atomic E-state index is 0.0348. The molecule has 1 amide bonds. The lowest BCUT2D eigenvalue weighted by molar-refractivity contribution is -0.119. The standard InChI is InChI=1S/C29H32ClF2N3O5/c30-25-13-19(5-8-27(25)40-21-3-1-2-4-21)17-34-28(37)24-14-22(39-23(15-31)16-32)6-7-26(24)35(29(34)38)20-9-11-33(18-36)12-10-20/h5-8,13-14,18,20-21,23H,1-4,9-12,15-17H2. The van der Waals surface area contributed by atoms with Gasteiger partial charge in [0.15, 0.2) is 6.10 Å². The monoisotopic (exact) mass is 575 g/mol. The summed E-state index contributed by atoms with van der Waals surface area (Å²) >= 11 is 6.52. The molecule has 0 bridgehead atoms. The Morgan fingerprint density at radius 1 is 1.00 bits per heavy atom. The van der Waals surface area contributed by atoms with Crippen LogP contribution in [0.25, 0.3) is 10.9 Å². The Morgan fingerprint density at radius 2 is 1.73 bits per heavy atom. The molecule has 0 radical (unpaired) electrons. The van der Waals surface area contributed by atoms with Crippen LogP contribution in [0, 0.1) is 0 Å². The average Bonchev–Trinajstić information content (AvgIpc) is 3.49. The Kier molecular flexibility index (Phi) is 8.73. The van der Waals surface area contributed by atoms with E-state index < -0.39 is 30.7 Å². The summed E-state index contributed by atoms with van der Waals surface area (Å²) in [6.07, 6.45) is 4.93. The largest absolute Gasteiger partial charge is 0.489 e. The molecule has 2 aliphatic rings. The van der Waals surface area contributed by atoms with Crippen LogP contribution in [-0.2, 0) is 11.3 Å². The zero-order valence-electron chi connectivity index (χ0n) is 22.1. The molecular formula is C29H32ClF2N3O5. The molecule has 3 aromatic rings. The number of amides is 1. The fourth-order valence-corrected chi connectivity index (χ4v) is 5.83. The van der Waals surface area contributed by atoms with Crippen molar-refractivity contribution in [3.05, 3.63) is 67.8 Å². The van der Waals surface area contributed by atoms with E-state index in [1.165, 1.54) is 12.1 Å². The summed E-state index contributed by atoms with van der Waals surface area (Å²) in [7, 11) is 0. The van der Waals surface area contributed by atoms with E-state index >= 15 is 0 Å². The molecule has 40 heavy (non-hydrogen) atoms. The number of fused-ring (bicyclic) bond motifs is 1. The van der Waals surface area contributed by atoms with Crippen LogP contribution < -0.4 is 20.7 Å². The quantitative estimate of drug-likeness (QED) is 0.328. The van der Waals surface area contributed by atoms with Gasteiger partial charge in [-0.25, -0.2) is 13.6 Å². The van der Waals surface area contributed by atoms with Gasteiger partial charge in [-0.2, -0.15) is 0 Å². The molecule has 2 heterocycles. The molecule has 1 saturated carbocycles. The molecule has 2 aromatic carbocycles. The minimum atomic E-state index is -1.29. The fourth-order valence-electron chi connectivity index (χ4n) is 5.58. The minimum Gasteiger partial charge on any atom is -0.489 e. The van der Waals surface area contributed by atoms with Gasteiger partial charge in [-0.1, -0.05) is 17.7 Å². The zero-order chi connectivity index (χ0) is 28.2. The number of halogens is 3. The second-order valence-electron chi connectivity index (χ2n) is 10.4. The maximum Gasteiger partial charge on any atom is 0.332 e. The third-order valence-corrected chi connectivity index (χ3v) is 8.03. The van der Waals surface area contributed by atoms with E-state index in [9.17, 15) is 23.2 Å². The summed E-state index contributed by atoms with van der Waals surface area (Å²) in [5, 5.41) is 0.595. The van der Waals surface area contributed by atoms with E-state index in [0.717, 1.165) is 36.7 Å². The molecule has 5 rings (SSSR count). The van der Waals surface area contributed by atoms with Gasteiger partial charge in [0.1, 0.15) is 24.8 Å². The van der Waals surface area contributed by atoms with Gasteiger partial charge in [-0.05, 0) is 74.4 Å². The van der Waals surface area contributed by atoms with Crippen molar-refractivity contribution in [2.75, 3.05) is 26.4 Å². The topological polar surface area (TPSA) is 82.8 Å². The van der Waals surface area contributed by atoms with Crippen LogP contribution in [0.1, 0.15) is 50.1 Å². The smallest absolute Gasteiger partial charge is 0.332 e. The molecule has 11 heteroatoms. The van der Waals surface area contributed by atoms with E-state index in [1.54, 1.807) is 33.7 Å². The highest BCUT2D eigenvalue weighted by Crippen LogP contribution is 2.31. The third kappa shape index (κ3) is 5.87. The van der Waals surface area contributed by atoms with Crippen molar-refractivity contribution < 1.29 is 23.0 Å². The Hall–Kier alpha value is -3.40. The maximum atomic E-state index is 13.9. The third-order valence-electron chi connectivity index (χ3n) is 7.73. The molecule has 0 spiro atoms. The van der Waals surface area contributed by atoms with Crippen LogP contribution in [-0.4, -0.2) is 59.1 Å². The highest BCUT2D eigenvalue weighted by atomic mass is 35.5. The van der Waals surface area contributed by atoms with E-state index in [4.69, 9.17) is 21.1 Å². The Morgan fingerprint density at radius 3 is 2.38 bits per heavy atom. The lowest BCUT2D eigenvalue weighted by Crippen LogP contribution is -2.44. The van der Waals surface area contributed by atoms with Crippen molar-refractivity contribution in [3.63, 3.8) is 0 Å². The molecule has 1 saturated heterocycles. The van der Waals surface area contributed by atoms with Gasteiger partial charge >= 0.3 is 5.69 Å². The zero-order valence-corrected chi connectivity index (χ0v) is 22.8. The average molecular weight is 576 g/mol. The molecule has 0 unspecified atom stereocenters. The SMILES string of the molecule is O=CN1CCC(n2c(=O)n(Cc3ccc(OC4CCCC4)c(Cl)c3)c(=O)c3cc(OC(CF)CF)ccc32)CC1. The fraction of sp³-hybridized carbons (Fsp3) is 0.483. The lowest BCUT2D eigenvalue weighted by Gasteiger charge is -2.31. The summed E-state index contributed by atoms with van der Waals surface area (Å²) in [6, 6.07) is 9.49. The van der Waals surface area contributed by atoms with Crippen LogP contribution in [0.3, 0.4) is 0 Å². The number of ether oxygens (including phenoxy) is 2. The number of hydrogen-bond donors (Lipinski definition) is 0. The summed E-state index contributed by atoms with van der Waals surface area (Å²) in [5.74, 6) is 0.702. The van der Waals surface area contributed by atoms with Crippen LogP contribution in [0.4, 0.5) is 8.78 Å². The van der Waals surface area contributed by atoms with Gasteiger partial charge in [-0.15, -0.1) is 0 Å². The molecule has 2 fully saturated rings. The predicted molar refractivity (Wildman–Crippen MR) is 148 cm³/mol. The normalized spacial score (nSPS) is 16.6. The number of aromatic nitrogens is 2. The van der Waals surface area contributed by atoms with Crippen molar-refractivity contribution in [2.24, 2.45) is 0 Å². The molecular weight excluding hydrogens is 544 g/mol. The number of hydrogen-bond acceptors (Lipinski definition) is 5. The molecule has 8 nitrogen and oxygen atoms in total. The van der Waals surface area contributed by atoms with E-state index in [0.29, 0.717) is 47.8 Å². The molecule has 214 valence electrons. The molecule has 1 aromatic heterocycles. The Bertz CT molecular complexity index is 1470. The van der Waals surface area contributed by atoms with E-state index in [-0.39, 0.29) is 29.8 Å². The van der Waals surface area contributed by atoms with Crippen molar-refractivity contribution in [1.29, 1.82) is 0 Å². The van der Waals surface area contributed by atoms with Gasteiger partial charge in [-0.3, -0.25) is 18.7 Å². The first-order chi connectivity index (χ1) is 19.4. The van der Waals surface area contributed by atoms with Crippen LogP contribution in [0.2, 0.25) is 5.02 Å². The van der Waals surface area contributed by atoms with Crippen molar-refractivity contribution in [1.82, 2.24) is 14.0 Å². The van der Waals surface area contributed by atoms with Crippen LogP contribution in [0.15, 0.2) is 46.0 Å². The van der Waals surface area contributed by atoms with Crippen molar-refractivity contribution in [2.45, 2.75) is 63.3 Å². The number of alkyl halides is 2. The first-order valence-electron chi connectivity index (χ1n) is 13.6. The summed E-state index contributed by atoms with van der Waals surface area (Å²) < 4.78 is 40.4. The van der Waals surface area contributed by atoms with Crippen LogP contribution in [0.5, 0.6) is 11.5 Å². The van der Waals surface area contributed by atoms with Gasteiger partial charge in [0.05, 0.1) is 28.6 Å². The van der Waals surface area contributed by atoms with E-state index in [1.807, 2.05) is 0 Å². The number of nitrogens with zero attached hydrogens (tertiary/aromatic N) is 3. The van der Waals surface area contributed by atoms with Gasteiger partial charge in [0.2, 0.25) is 6.41 Å². The predicted octanol–water partition coefficient (Wildman–Crippen LogP) is 4.67. The highest BCUT2D eigenvalue weighted by Gasteiger charge is 2.25. The Labute approximate surface area is 235 Å². The second-order valence-corrected chi connectivity index (χ2v) is 10.8. The summed E-state index contributed by atoms with van der Waals surface area (Å²) in [4.78, 5) is 40.4. The van der Waals surface area contributed by atoms with Crippen molar-refractivity contribution in [3.8, 4) is 11.5 Å². The summed E-state index contributed by atoms with van der Waals surface area (Å²) in [5.41, 5.74) is 0.0144. The second kappa shape index (κ2) is 12.4. The molecule has 0 atom stereocenters. The molecule has 0 N–H and O–H groups in total. The lowest BCUT2D eigenvalue weighted by atomic mass is 10.0. The number of carbonyl (C=O) groups is 1. The first kappa shape index (κ1) is 28.1. The number of benzene rings is 2. The molecule has 1 aliphatic heterocycles. The van der Waals surface area contributed by atoms with Gasteiger partial charge in [0.25, 0.3) is 5.56 Å². The Balaban J connectivity index is 1.54. The highest BCUT2D eigenvalue weighted by molar-refractivity contribution is 6.32. The van der Waals surface area contributed by atoms with Crippen LogP contribution >= 0.6 is 11.6 Å². The summed E-state index contributed by atoms with van der Waals surface area (Å²) in [6.45, 7) is -1.11. The number of piperidine rings is 1. The number of rotatable bonds is 10. The van der Waals surface area contributed by atoms with Gasteiger partial charge < -0.3 is 14.4 Å². The van der Waals surface area contributed by atoms with Gasteiger partial charge in [0, 0.05) is 19.1 Å². The number of likely N-dealkylation sites (tertiary alicyclic amines) is 1. The number of carbonyl (C=O) groups excluding carboxylic acids is 1. The van der Waals surface area contributed by atoms with Crippen molar-refractivity contribution >= 4 is 28.9 Å². The van der Waals surface area contributed by atoms with E-state index in [2.05, 4.69) is 0 Å².